The molecule has 0 aliphatic heterocycles. The number of hydrogen-bond acceptors (Lipinski definition) is 4. The van der Waals surface area contributed by atoms with Gasteiger partial charge < -0.3 is 19.9 Å². The Morgan fingerprint density at radius 3 is 2.16 bits per heavy atom. The van der Waals surface area contributed by atoms with E-state index in [-0.39, 0.29) is 17.6 Å². The van der Waals surface area contributed by atoms with E-state index in [1.807, 2.05) is 24.3 Å². The molecular weight excluding hydrogens is 428 g/mol. The number of ether oxygens (including phenoxy) is 2. The van der Waals surface area contributed by atoms with Crippen molar-refractivity contribution >= 4 is 17.7 Å². The summed E-state index contributed by atoms with van der Waals surface area (Å²) in [6, 6.07) is 19.5. The smallest absolute Gasteiger partial charge is 0.404 e. The van der Waals surface area contributed by atoms with Gasteiger partial charge in [-0.25, -0.2) is 9.78 Å². The van der Waals surface area contributed by atoms with Crippen molar-refractivity contribution in [3.63, 3.8) is 0 Å². The van der Waals surface area contributed by atoms with Crippen LogP contribution in [0.3, 0.4) is 0 Å². The van der Waals surface area contributed by atoms with Gasteiger partial charge in [0.05, 0.1) is 0 Å². The number of halogens is 1. The molecule has 2 N–H and O–H groups in total. The minimum atomic E-state index is -0.985. The normalized spacial score (nSPS) is 17.8. The van der Waals surface area contributed by atoms with Crippen LogP contribution in [0.4, 0.5) is 4.79 Å². The Morgan fingerprint density at radius 1 is 1.00 bits per heavy atom. The van der Waals surface area contributed by atoms with Crippen molar-refractivity contribution in [2.45, 2.75) is 44.2 Å². The summed E-state index contributed by atoms with van der Waals surface area (Å²) in [5.41, 5.74) is 2.12. The van der Waals surface area contributed by atoms with Crippen LogP contribution >= 0.6 is 11.6 Å². The van der Waals surface area contributed by atoms with Crippen LogP contribution in [0.5, 0.6) is 17.2 Å². The molecule has 2 aromatic carbocycles. The van der Waals surface area contributed by atoms with Crippen molar-refractivity contribution in [3.05, 3.63) is 83.1 Å². The fourth-order valence-corrected chi connectivity index (χ4v) is 3.95. The molecule has 6 nitrogen and oxygen atoms in total. The van der Waals surface area contributed by atoms with E-state index in [0.717, 1.165) is 17.1 Å². The first kappa shape index (κ1) is 22.0. The van der Waals surface area contributed by atoms with Crippen molar-refractivity contribution in [1.29, 1.82) is 0 Å². The minimum Gasteiger partial charge on any atom is -0.490 e. The summed E-state index contributed by atoms with van der Waals surface area (Å²) in [5.74, 6) is 2.17. The van der Waals surface area contributed by atoms with Crippen LogP contribution < -0.4 is 14.8 Å². The summed E-state index contributed by atoms with van der Waals surface area (Å²) in [5, 5.41) is 11.6. The molecule has 0 unspecified atom stereocenters. The Kier molecular flexibility index (Phi) is 6.24. The highest BCUT2D eigenvalue weighted by Gasteiger charge is 2.32. The molecule has 4 rings (SSSR count). The zero-order valence-corrected chi connectivity index (χ0v) is 18.7. The van der Waals surface area contributed by atoms with Gasteiger partial charge in [0, 0.05) is 36.6 Å². The molecule has 1 fully saturated rings. The molecular formula is C25H25ClN2O4. The molecule has 1 saturated carbocycles. The molecule has 1 amide bonds. The first-order valence-corrected chi connectivity index (χ1v) is 10.8. The lowest BCUT2D eigenvalue weighted by molar-refractivity contribution is 0.0833. The van der Waals surface area contributed by atoms with Crippen molar-refractivity contribution in [2.24, 2.45) is 0 Å². The molecule has 0 bridgehead atoms. The van der Waals surface area contributed by atoms with Crippen LogP contribution in [0.2, 0.25) is 5.15 Å². The second kappa shape index (κ2) is 9.09. The van der Waals surface area contributed by atoms with Crippen molar-refractivity contribution in [1.82, 2.24) is 10.3 Å². The van der Waals surface area contributed by atoms with E-state index in [4.69, 9.17) is 26.2 Å². The fraction of sp³-hybridized carbons (Fsp3) is 0.280. The van der Waals surface area contributed by atoms with Gasteiger partial charge in [-0.15, -0.1) is 0 Å². The van der Waals surface area contributed by atoms with Gasteiger partial charge in [-0.05, 0) is 41.5 Å². The molecule has 1 heterocycles. The van der Waals surface area contributed by atoms with E-state index in [9.17, 15) is 4.79 Å². The Morgan fingerprint density at radius 2 is 1.59 bits per heavy atom. The van der Waals surface area contributed by atoms with Gasteiger partial charge in [-0.1, -0.05) is 49.7 Å². The Balaban J connectivity index is 1.38. The van der Waals surface area contributed by atoms with Gasteiger partial charge >= 0.3 is 6.09 Å². The predicted octanol–water partition coefficient (Wildman–Crippen LogP) is 6.03. The number of hydrogen-bond donors (Lipinski definition) is 2. The van der Waals surface area contributed by atoms with Crippen LogP contribution in [0.1, 0.15) is 37.8 Å². The zero-order valence-electron chi connectivity index (χ0n) is 17.9. The Labute approximate surface area is 192 Å². The monoisotopic (exact) mass is 452 g/mol. The molecule has 0 spiro atoms. The molecule has 32 heavy (non-hydrogen) atoms. The number of amides is 1. The molecule has 1 aliphatic carbocycles. The van der Waals surface area contributed by atoms with E-state index < -0.39 is 6.09 Å². The predicted molar refractivity (Wildman–Crippen MR) is 123 cm³/mol. The van der Waals surface area contributed by atoms with E-state index in [1.54, 1.807) is 18.3 Å². The maximum atomic E-state index is 10.7. The van der Waals surface area contributed by atoms with Gasteiger partial charge in [0.15, 0.2) is 0 Å². The SMILES string of the molecule is CC(C)(c1ccc(Oc2ccnc(Cl)c2)cc1)c1ccc(OC2CC(NC(=O)O)C2)cc1. The maximum Gasteiger partial charge on any atom is 0.404 e. The molecule has 3 aromatic rings. The number of pyridine rings is 1. The second-order valence-electron chi connectivity index (χ2n) is 8.45. The van der Waals surface area contributed by atoms with Gasteiger partial charge in [0.2, 0.25) is 0 Å². The summed E-state index contributed by atoms with van der Waals surface area (Å²) in [6.07, 6.45) is 2.06. The van der Waals surface area contributed by atoms with E-state index in [0.29, 0.717) is 23.7 Å². The fourth-order valence-electron chi connectivity index (χ4n) is 3.79. The maximum absolute atomic E-state index is 10.7. The average Bonchev–Trinajstić information content (AvgIpc) is 2.73. The van der Waals surface area contributed by atoms with Gasteiger partial charge in [0.1, 0.15) is 28.5 Å². The van der Waals surface area contributed by atoms with Gasteiger partial charge in [0.25, 0.3) is 0 Å². The lowest BCUT2D eigenvalue weighted by atomic mass is 9.78. The summed E-state index contributed by atoms with van der Waals surface area (Å²) < 4.78 is 11.8. The highest BCUT2D eigenvalue weighted by molar-refractivity contribution is 6.29. The van der Waals surface area contributed by atoms with Crippen LogP contribution in [0.25, 0.3) is 0 Å². The molecule has 0 atom stereocenters. The molecule has 0 saturated heterocycles. The molecule has 0 radical (unpaired) electrons. The third-order valence-electron chi connectivity index (χ3n) is 5.81. The van der Waals surface area contributed by atoms with Crippen molar-refractivity contribution in [2.75, 3.05) is 0 Å². The van der Waals surface area contributed by atoms with E-state index in [2.05, 4.69) is 48.4 Å². The van der Waals surface area contributed by atoms with Crippen LogP contribution in [-0.2, 0) is 5.41 Å². The summed E-state index contributed by atoms with van der Waals surface area (Å²) >= 11 is 5.91. The largest absolute Gasteiger partial charge is 0.490 e. The average molecular weight is 453 g/mol. The number of carbonyl (C=O) groups is 1. The minimum absolute atomic E-state index is 0.0156. The Bertz CT molecular complexity index is 1080. The topological polar surface area (TPSA) is 80.7 Å². The Hall–Kier alpha value is -3.25. The number of aromatic nitrogens is 1. The quantitative estimate of drug-likeness (QED) is 0.428. The van der Waals surface area contributed by atoms with E-state index >= 15 is 0 Å². The number of nitrogens with one attached hydrogen (secondary N) is 1. The molecule has 1 aromatic heterocycles. The summed E-state index contributed by atoms with van der Waals surface area (Å²) in [6.45, 7) is 4.35. The van der Waals surface area contributed by atoms with Crippen LogP contribution in [0, 0.1) is 0 Å². The highest BCUT2D eigenvalue weighted by atomic mass is 35.5. The summed E-state index contributed by atoms with van der Waals surface area (Å²) in [4.78, 5) is 14.6. The first-order chi connectivity index (χ1) is 15.3. The first-order valence-electron chi connectivity index (χ1n) is 10.5. The number of rotatable bonds is 7. The van der Waals surface area contributed by atoms with E-state index in [1.165, 1.54) is 5.56 Å². The molecule has 7 heteroatoms. The van der Waals surface area contributed by atoms with Crippen molar-refractivity contribution in [3.8, 4) is 17.2 Å². The summed E-state index contributed by atoms with van der Waals surface area (Å²) in [7, 11) is 0. The molecule has 166 valence electrons. The third-order valence-corrected chi connectivity index (χ3v) is 6.02. The number of nitrogens with zero attached hydrogens (tertiary/aromatic N) is 1. The van der Waals surface area contributed by atoms with Gasteiger partial charge in [-0.3, -0.25) is 0 Å². The van der Waals surface area contributed by atoms with Crippen LogP contribution in [-0.4, -0.2) is 28.3 Å². The standard InChI is InChI=1S/C25H25ClN2O4/c1-25(2,16-3-7-19(8-4-16)31-21-11-12-27-23(26)15-21)17-5-9-20(10-6-17)32-22-13-18(14-22)28-24(29)30/h3-12,15,18,22,28H,13-14H2,1-2H3,(H,29,30). The lowest BCUT2D eigenvalue weighted by Gasteiger charge is -2.35. The third kappa shape index (κ3) is 5.14. The number of benzene rings is 2. The second-order valence-corrected chi connectivity index (χ2v) is 8.84. The van der Waals surface area contributed by atoms with Crippen molar-refractivity contribution < 1.29 is 19.4 Å². The van der Waals surface area contributed by atoms with Gasteiger partial charge in [-0.2, -0.15) is 0 Å². The zero-order chi connectivity index (χ0) is 22.7. The number of carboxylic acid groups (broad SMARTS) is 1. The van der Waals surface area contributed by atoms with Crippen LogP contribution in [0.15, 0.2) is 66.9 Å². The highest BCUT2D eigenvalue weighted by Crippen LogP contribution is 2.35. The molecule has 1 aliphatic rings. The lowest BCUT2D eigenvalue weighted by Crippen LogP contribution is -2.48.